The maximum atomic E-state index is 3.90. The molecular weight excluding hydrogens is 160 g/mol. The Hall–Kier alpha value is -0.550. The van der Waals surface area contributed by atoms with Crippen LogP contribution in [0.1, 0.15) is 0 Å². The summed E-state index contributed by atoms with van der Waals surface area (Å²) in [6.07, 6.45) is 3.60. The Morgan fingerprint density at radius 3 is 3.18 bits per heavy atom. The molecule has 0 spiro atoms. The van der Waals surface area contributed by atoms with Gasteiger partial charge in [0.2, 0.25) is 0 Å². The average Bonchev–Trinajstić information content (AvgIpc) is 2.60. The summed E-state index contributed by atoms with van der Waals surface area (Å²) in [7, 11) is 0. The molecule has 0 bridgehead atoms. The fourth-order valence-corrected chi connectivity index (χ4v) is 2.06. The molecule has 11 heavy (non-hydrogen) atoms. The van der Waals surface area contributed by atoms with Crippen LogP contribution in [0.25, 0.3) is 0 Å². The smallest absolute Gasteiger partial charge is 0.0953 e. The van der Waals surface area contributed by atoms with Crippen molar-refractivity contribution in [3.8, 4) is 0 Å². The summed E-state index contributed by atoms with van der Waals surface area (Å²) in [5.74, 6) is 2.37. The van der Waals surface area contributed by atoms with Crippen LogP contribution in [-0.4, -0.2) is 38.1 Å². The third-order valence-electron chi connectivity index (χ3n) is 1.64. The molecule has 0 unspecified atom stereocenters. The summed E-state index contributed by atoms with van der Waals surface area (Å²) < 4.78 is 1.85. The van der Waals surface area contributed by atoms with E-state index in [1.807, 2.05) is 22.6 Å². The predicted molar refractivity (Wildman–Crippen MR) is 44.1 cm³/mol. The van der Waals surface area contributed by atoms with Crippen molar-refractivity contribution in [2.75, 3.05) is 18.2 Å². The minimum Gasteiger partial charge on any atom is -0.274 e. The second kappa shape index (κ2) is 3.23. The molecule has 0 atom stereocenters. The monoisotopic (exact) mass is 170 g/mol. The van der Waals surface area contributed by atoms with Crippen molar-refractivity contribution in [3.05, 3.63) is 12.4 Å². The van der Waals surface area contributed by atoms with Gasteiger partial charge in [-0.15, -0.1) is 16.9 Å². The van der Waals surface area contributed by atoms with Gasteiger partial charge in [0, 0.05) is 24.4 Å². The number of rotatable bonds is 2. The summed E-state index contributed by atoms with van der Waals surface area (Å²) in [4.78, 5) is 2.35. The Labute approximate surface area is 69.6 Å². The van der Waals surface area contributed by atoms with Gasteiger partial charge >= 0.3 is 0 Å². The van der Waals surface area contributed by atoms with Crippen molar-refractivity contribution in [1.82, 2.24) is 19.9 Å². The second-order valence-electron chi connectivity index (χ2n) is 2.52. The molecule has 0 saturated carbocycles. The highest BCUT2D eigenvalue weighted by Gasteiger charge is 2.11. The first kappa shape index (κ1) is 7.12. The second-order valence-corrected chi connectivity index (χ2v) is 3.59. The first-order valence-electron chi connectivity index (χ1n) is 3.59. The van der Waals surface area contributed by atoms with Gasteiger partial charge in [0.1, 0.15) is 0 Å². The molecule has 4 nitrogen and oxygen atoms in total. The average molecular weight is 170 g/mol. The van der Waals surface area contributed by atoms with Gasteiger partial charge in [0.05, 0.1) is 12.9 Å². The molecule has 2 rings (SSSR count). The lowest BCUT2D eigenvalue weighted by Crippen LogP contribution is -2.23. The minimum absolute atomic E-state index is 0.882. The molecule has 1 aliphatic heterocycles. The number of thioether (sulfide) groups is 1. The molecule has 0 amide bonds. The van der Waals surface area contributed by atoms with Crippen LogP contribution >= 0.6 is 11.8 Å². The molecule has 2 heterocycles. The Balaban J connectivity index is 1.90. The quantitative estimate of drug-likeness (QED) is 0.637. The first-order chi connectivity index (χ1) is 5.45. The van der Waals surface area contributed by atoms with Gasteiger partial charge < -0.3 is 0 Å². The van der Waals surface area contributed by atoms with E-state index in [9.17, 15) is 0 Å². The SMILES string of the molecule is c1cn(CN2CCSC2)nn1. The van der Waals surface area contributed by atoms with Crippen molar-refractivity contribution >= 4 is 11.8 Å². The van der Waals surface area contributed by atoms with E-state index >= 15 is 0 Å². The molecule has 0 N–H and O–H groups in total. The van der Waals surface area contributed by atoms with Crippen molar-refractivity contribution in [3.63, 3.8) is 0 Å². The standard InChI is InChI=1S/C6H10N4S/c1-2-10(8-7-1)5-9-3-4-11-6-9/h1-2H,3-6H2. The van der Waals surface area contributed by atoms with Crippen molar-refractivity contribution < 1.29 is 0 Å². The van der Waals surface area contributed by atoms with Crippen molar-refractivity contribution in [2.45, 2.75) is 6.67 Å². The number of aromatic nitrogens is 3. The van der Waals surface area contributed by atoms with E-state index in [2.05, 4.69) is 15.2 Å². The lowest BCUT2D eigenvalue weighted by atomic mass is 10.6. The van der Waals surface area contributed by atoms with Crippen LogP contribution in [0, 0.1) is 0 Å². The summed E-state index contributed by atoms with van der Waals surface area (Å²) in [6.45, 7) is 2.05. The topological polar surface area (TPSA) is 34.0 Å². The summed E-state index contributed by atoms with van der Waals surface area (Å²) in [6, 6.07) is 0. The Kier molecular flexibility index (Phi) is 2.09. The van der Waals surface area contributed by atoms with Gasteiger partial charge in [-0.05, 0) is 0 Å². The van der Waals surface area contributed by atoms with Crippen molar-refractivity contribution in [1.29, 1.82) is 0 Å². The van der Waals surface area contributed by atoms with Gasteiger partial charge in [-0.3, -0.25) is 4.90 Å². The highest BCUT2D eigenvalue weighted by atomic mass is 32.2. The van der Waals surface area contributed by atoms with E-state index in [0.717, 1.165) is 12.5 Å². The van der Waals surface area contributed by atoms with E-state index in [1.54, 1.807) is 6.20 Å². The zero-order valence-corrected chi connectivity index (χ0v) is 7.00. The fourth-order valence-electron chi connectivity index (χ4n) is 1.08. The van der Waals surface area contributed by atoms with Gasteiger partial charge in [-0.25, -0.2) is 4.68 Å². The van der Waals surface area contributed by atoms with Crippen LogP contribution < -0.4 is 0 Å². The third-order valence-corrected chi connectivity index (χ3v) is 2.66. The molecule has 1 aromatic heterocycles. The molecule has 1 fully saturated rings. The van der Waals surface area contributed by atoms with Gasteiger partial charge in [-0.1, -0.05) is 5.21 Å². The Morgan fingerprint density at radius 1 is 1.55 bits per heavy atom. The Morgan fingerprint density at radius 2 is 2.55 bits per heavy atom. The van der Waals surface area contributed by atoms with E-state index in [4.69, 9.17) is 0 Å². The molecule has 1 aliphatic rings. The molecule has 0 radical (unpaired) electrons. The van der Waals surface area contributed by atoms with E-state index in [-0.39, 0.29) is 0 Å². The van der Waals surface area contributed by atoms with Crippen molar-refractivity contribution in [2.24, 2.45) is 0 Å². The largest absolute Gasteiger partial charge is 0.274 e. The zero-order chi connectivity index (χ0) is 7.52. The number of hydrogen-bond acceptors (Lipinski definition) is 4. The van der Waals surface area contributed by atoms with Crippen LogP contribution in [-0.2, 0) is 6.67 Å². The number of nitrogens with zero attached hydrogens (tertiary/aromatic N) is 4. The normalized spacial score (nSPS) is 19.3. The highest BCUT2D eigenvalue weighted by Crippen LogP contribution is 2.12. The van der Waals surface area contributed by atoms with Crippen LogP contribution in [0.3, 0.4) is 0 Å². The fraction of sp³-hybridized carbons (Fsp3) is 0.667. The van der Waals surface area contributed by atoms with E-state index in [0.29, 0.717) is 0 Å². The zero-order valence-electron chi connectivity index (χ0n) is 6.18. The molecular formula is C6H10N4S. The molecule has 5 heteroatoms. The van der Waals surface area contributed by atoms with Crippen LogP contribution in [0.2, 0.25) is 0 Å². The lowest BCUT2D eigenvalue weighted by Gasteiger charge is -2.11. The number of hydrogen-bond donors (Lipinski definition) is 0. The van der Waals surface area contributed by atoms with Crippen LogP contribution in [0.15, 0.2) is 12.4 Å². The highest BCUT2D eigenvalue weighted by molar-refractivity contribution is 7.99. The third kappa shape index (κ3) is 1.72. The van der Waals surface area contributed by atoms with E-state index in [1.165, 1.54) is 12.3 Å². The molecule has 1 saturated heterocycles. The summed E-state index contributed by atoms with van der Waals surface area (Å²) >= 11 is 1.97. The molecule has 1 aromatic rings. The molecule has 60 valence electrons. The maximum Gasteiger partial charge on any atom is 0.0953 e. The molecule has 0 aliphatic carbocycles. The predicted octanol–water partition coefficient (Wildman–Crippen LogP) is 0.242. The van der Waals surface area contributed by atoms with Gasteiger partial charge in [-0.2, -0.15) is 0 Å². The lowest BCUT2D eigenvalue weighted by molar-refractivity contribution is 0.265. The minimum atomic E-state index is 0.882. The molecule has 0 aromatic carbocycles. The Bertz CT molecular complexity index is 204. The van der Waals surface area contributed by atoms with Gasteiger partial charge in [0.25, 0.3) is 0 Å². The van der Waals surface area contributed by atoms with Crippen LogP contribution in [0.5, 0.6) is 0 Å². The maximum absolute atomic E-state index is 3.90. The summed E-state index contributed by atoms with van der Waals surface area (Å²) in [5, 5.41) is 7.64. The van der Waals surface area contributed by atoms with Crippen LogP contribution in [0.4, 0.5) is 0 Å². The first-order valence-corrected chi connectivity index (χ1v) is 4.75. The summed E-state index contributed by atoms with van der Waals surface area (Å²) in [5.41, 5.74) is 0. The van der Waals surface area contributed by atoms with E-state index < -0.39 is 0 Å². The van der Waals surface area contributed by atoms with Gasteiger partial charge in [0.15, 0.2) is 0 Å².